The molecule has 0 aromatic carbocycles. The number of ketones is 2. The number of hydrogen-bond acceptors (Lipinski definition) is 6. The molecular weight excluding hydrogens is 276 g/mol. The van der Waals surface area contributed by atoms with Crippen molar-refractivity contribution >= 4 is 17.5 Å². The smallest absolute Gasteiger partial charge is 0.330 e. The Kier molecular flexibility index (Phi) is 3.93. The summed E-state index contributed by atoms with van der Waals surface area (Å²) in [6.45, 7) is 5.31. The molecule has 0 N–H and O–H groups in total. The molecule has 0 amide bonds. The topological polar surface area (TPSA) is 78.9 Å². The molecular formula is C15H20O6. The summed E-state index contributed by atoms with van der Waals surface area (Å²) >= 11 is 0. The van der Waals surface area contributed by atoms with Gasteiger partial charge in [0.15, 0.2) is 11.6 Å². The van der Waals surface area contributed by atoms with Gasteiger partial charge in [0.25, 0.3) is 0 Å². The Hall–Kier alpha value is -1.69. The maximum Gasteiger partial charge on any atom is 0.330 e. The first kappa shape index (κ1) is 15.7. The largest absolute Gasteiger partial charge is 0.499 e. The first-order valence-electron chi connectivity index (χ1n) is 6.95. The van der Waals surface area contributed by atoms with Gasteiger partial charge in [0.2, 0.25) is 5.41 Å². The molecule has 6 nitrogen and oxygen atoms in total. The summed E-state index contributed by atoms with van der Waals surface area (Å²) in [5, 5.41) is 0. The van der Waals surface area contributed by atoms with Crippen LogP contribution in [0.5, 0.6) is 0 Å². The van der Waals surface area contributed by atoms with Gasteiger partial charge in [-0.15, -0.1) is 0 Å². The van der Waals surface area contributed by atoms with Gasteiger partial charge < -0.3 is 14.2 Å². The summed E-state index contributed by atoms with van der Waals surface area (Å²) in [4.78, 5) is 37.1. The van der Waals surface area contributed by atoms with Crippen LogP contribution in [-0.4, -0.2) is 43.0 Å². The predicted molar refractivity (Wildman–Crippen MR) is 72.4 cm³/mol. The summed E-state index contributed by atoms with van der Waals surface area (Å²) in [5.41, 5.74) is -2.39. The molecule has 0 radical (unpaired) electrons. The number of methoxy groups -OCH3 is 1. The van der Waals surface area contributed by atoms with E-state index in [1.54, 1.807) is 20.8 Å². The van der Waals surface area contributed by atoms with Crippen LogP contribution in [0.25, 0.3) is 0 Å². The molecule has 0 aromatic heterocycles. The standard InChI is InChI=1S/C15H20O6/c1-5-20-13(18)15-10(17)8-14(2,3)21-12(15)7-9(16)6-11(15)19-4/h6,12H,5,7-8H2,1-4H3/t12-,15-/m1/s1. The molecule has 1 heterocycles. The number of ether oxygens (including phenoxy) is 3. The molecule has 0 spiro atoms. The normalized spacial score (nSPS) is 31.2. The summed E-state index contributed by atoms with van der Waals surface area (Å²) in [5.74, 6) is -1.26. The highest BCUT2D eigenvalue weighted by atomic mass is 16.6. The van der Waals surface area contributed by atoms with Gasteiger partial charge in [-0.05, 0) is 20.8 Å². The summed E-state index contributed by atoms with van der Waals surface area (Å²) in [7, 11) is 1.33. The highest BCUT2D eigenvalue weighted by molar-refractivity contribution is 6.11. The number of esters is 1. The molecule has 1 saturated heterocycles. The van der Waals surface area contributed by atoms with E-state index in [9.17, 15) is 14.4 Å². The average molecular weight is 296 g/mol. The van der Waals surface area contributed by atoms with Crippen molar-refractivity contribution < 1.29 is 28.6 Å². The lowest BCUT2D eigenvalue weighted by Gasteiger charge is -2.47. The molecule has 6 heteroatoms. The van der Waals surface area contributed by atoms with Crippen LogP contribution in [0.3, 0.4) is 0 Å². The Morgan fingerprint density at radius 3 is 2.67 bits per heavy atom. The number of hydrogen-bond donors (Lipinski definition) is 0. The van der Waals surface area contributed by atoms with E-state index in [0.717, 1.165) is 0 Å². The lowest BCUT2D eigenvalue weighted by Crippen LogP contribution is -2.61. The van der Waals surface area contributed by atoms with Crippen molar-refractivity contribution in [2.45, 2.75) is 45.3 Å². The Morgan fingerprint density at radius 2 is 2.10 bits per heavy atom. The predicted octanol–water partition coefficient (Wildman–Crippen LogP) is 1.18. The minimum Gasteiger partial charge on any atom is -0.499 e. The molecule has 0 unspecified atom stereocenters. The number of allylic oxidation sites excluding steroid dienone is 1. The molecule has 2 aliphatic rings. The zero-order chi connectivity index (χ0) is 15.8. The second-order valence-electron chi connectivity index (χ2n) is 5.88. The van der Waals surface area contributed by atoms with E-state index in [1.807, 2.05) is 0 Å². The van der Waals surface area contributed by atoms with Gasteiger partial charge in [-0.2, -0.15) is 0 Å². The Labute approximate surface area is 123 Å². The van der Waals surface area contributed by atoms with Gasteiger partial charge in [-0.25, -0.2) is 0 Å². The van der Waals surface area contributed by atoms with Crippen LogP contribution in [0, 0.1) is 5.41 Å². The van der Waals surface area contributed by atoms with Crippen molar-refractivity contribution in [3.8, 4) is 0 Å². The third kappa shape index (κ3) is 2.37. The molecule has 116 valence electrons. The van der Waals surface area contributed by atoms with E-state index in [4.69, 9.17) is 14.2 Å². The summed E-state index contributed by atoms with van der Waals surface area (Å²) in [6, 6.07) is 0. The van der Waals surface area contributed by atoms with Crippen LogP contribution in [-0.2, 0) is 28.6 Å². The molecule has 0 bridgehead atoms. The quantitative estimate of drug-likeness (QED) is 0.574. The SMILES string of the molecule is CCOC(=O)[C@@]12C(=O)CC(C)(C)O[C@@H]1CC(=O)C=C2OC. The molecule has 1 aliphatic carbocycles. The molecule has 21 heavy (non-hydrogen) atoms. The van der Waals surface area contributed by atoms with E-state index in [-0.39, 0.29) is 36.8 Å². The molecule has 1 fully saturated rings. The van der Waals surface area contributed by atoms with Crippen LogP contribution in [0.4, 0.5) is 0 Å². The number of Topliss-reactive ketones (excluding diaryl/α,β-unsaturated/α-hetero) is 1. The lowest BCUT2D eigenvalue weighted by molar-refractivity contribution is -0.199. The monoisotopic (exact) mass is 296 g/mol. The number of carbonyl (C=O) groups is 3. The van der Waals surface area contributed by atoms with E-state index >= 15 is 0 Å². The maximum absolute atomic E-state index is 12.7. The van der Waals surface area contributed by atoms with Gasteiger partial charge in [-0.1, -0.05) is 0 Å². The summed E-state index contributed by atoms with van der Waals surface area (Å²) < 4.78 is 16.1. The fourth-order valence-corrected chi connectivity index (χ4v) is 3.02. The Morgan fingerprint density at radius 1 is 1.43 bits per heavy atom. The number of fused-ring (bicyclic) bond motifs is 1. The van der Waals surface area contributed by atoms with E-state index in [0.29, 0.717) is 0 Å². The molecule has 0 saturated carbocycles. The minimum absolute atomic E-state index is 0.0164. The molecule has 0 aromatic rings. The van der Waals surface area contributed by atoms with E-state index in [2.05, 4.69) is 0 Å². The van der Waals surface area contributed by atoms with Gasteiger partial charge in [0.1, 0.15) is 5.76 Å². The Bertz CT molecular complexity index is 518. The van der Waals surface area contributed by atoms with Gasteiger partial charge in [0.05, 0.1) is 25.4 Å². The number of rotatable bonds is 3. The van der Waals surface area contributed by atoms with Crippen LogP contribution in [0.2, 0.25) is 0 Å². The second kappa shape index (κ2) is 5.26. The molecule has 2 rings (SSSR count). The first-order chi connectivity index (χ1) is 9.77. The van der Waals surface area contributed by atoms with E-state index in [1.165, 1.54) is 13.2 Å². The van der Waals surface area contributed by atoms with Crippen LogP contribution < -0.4 is 0 Å². The van der Waals surface area contributed by atoms with Crippen LogP contribution in [0.15, 0.2) is 11.8 Å². The van der Waals surface area contributed by atoms with Gasteiger partial charge >= 0.3 is 5.97 Å². The van der Waals surface area contributed by atoms with Crippen molar-refractivity contribution in [2.75, 3.05) is 13.7 Å². The van der Waals surface area contributed by atoms with Crippen LogP contribution in [0.1, 0.15) is 33.6 Å². The fourth-order valence-electron chi connectivity index (χ4n) is 3.02. The van der Waals surface area contributed by atoms with Gasteiger partial charge in [-0.3, -0.25) is 14.4 Å². The maximum atomic E-state index is 12.7. The number of carbonyl (C=O) groups excluding carboxylic acids is 3. The highest BCUT2D eigenvalue weighted by Gasteiger charge is 2.64. The molecule has 1 aliphatic heterocycles. The van der Waals surface area contributed by atoms with Crippen molar-refractivity contribution in [3.63, 3.8) is 0 Å². The third-order valence-corrected chi connectivity index (χ3v) is 3.86. The minimum atomic E-state index is -1.66. The van der Waals surface area contributed by atoms with Crippen molar-refractivity contribution in [2.24, 2.45) is 5.41 Å². The third-order valence-electron chi connectivity index (χ3n) is 3.86. The van der Waals surface area contributed by atoms with E-state index < -0.39 is 23.1 Å². The van der Waals surface area contributed by atoms with Crippen LogP contribution >= 0.6 is 0 Å². The lowest BCUT2D eigenvalue weighted by atomic mass is 9.66. The first-order valence-corrected chi connectivity index (χ1v) is 6.95. The zero-order valence-electron chi connectivity index (χ0n) is 12.7. The molecule has 2 atom stereocenters. The summed E-state index contributed by atoms with van der Waals surface area (Å²) in [6.07, 6.45) is 0.325. The highest BCUT2D eigenvalue weighted by Crippen LogP contribution is 2.48. The Balaban J connectivity index is 2.58. The fraction of sp³-hybridized carbons (Fsp3) is 0.667. The average Bonchev–Trinajstić information content (AvgIpc) is 2.35. The van der Waals surface area contributed by atoms with Gasteiger partial charge in [0, 0.05) is 18.9 Å². The van der Waals surface area contributed by atoms with Crippen molar-refractivity contribution in [1.29, 1.82) is 0 Å². The second-order valence-corrected chi connectivity index (χ2v) is 5.88. The zero-order valence-corrected chi connectivity index (χ0v) is 12.7. The van der Waals surface area contributed by atoms with Crippen molar-refractivity contribution in [1.82, 2.24) is 0 Å². The van der Waals surface area contributed by atoms with Crippen molar-refractivity contribution in [3.05, 3.63) is 11.8 Å².